The third-order valence-electron chi connectivity index (χ3n) is 2.76. The van der Waals surface area contributed by atoms with E-state index in [2.05, 4.69) is 4.74 Å². The molecule has 0 fully saturated rings. The van der Waals surface area contributed by atoms with E-state index in [0.717, 1.165) is 0 Å². The summed E-state index contributed by atoms with van der Waals surface area (Å²) < 4.78 is 142. The lowest BCUT2D eigenvalue weighted by Crippen LogP contribution is -2.62. The second-order valence-corrected chi connectivity index (χ2v) is 4.33. The number of rotatable bonds is 3. The highest BCUT2D eigenvalue weighted by Gasteiger charge is 2.76. The zero-order valence-corrected chi connectivity index (χ0v) is 11.1. The first-order chi connectivity index (χ1) is 11.1. The first-order valence-corrected chi connectivity index (χ1v) is 5.60. The van der Waals surface area contributed by atoms with Crippen molar-refractivity contribution >= 4 is 5.97 Å². The maximum Gasteiger partial charge on any atom is 0.437 e. The van der Waals surface area contributed by atoms with Crippen LogP contribution in [0.5, 0.6) is 0 Å². The molecule has 14 heteroatoms. The molecule has 0 radical (unpaired) electrons. The summed E-state index contributed by atoms with van der Waals surface area (Å²) in [6.45, 7) is -2.21. The Bertz CT molecular complexity index is 649. The number of hydrogen-bond acceptors (Lipinski definition) is 3. The van der Waals surface area contributed by atoms with Gasteiger partial charge in [0.25, 0.3) is 0 Å². The lowest BCUT2D eigenvalue weighted by Gasteiger charge is -2.29. The van der Waals surface area contributed by atoms with Crippen molar-refractivity contribution in [3.8, 4) is 0 Å². The minimum absolute atomic E-state index is 2.02. The van der Waals surface area contributed by atoms with Crippen LogP contribution in [0.15, 0.2) is 0 Å². The third-order valence-corrected chi connectivity index (χ3v) is 2.76. The maximum atomic E-state index is 13.2. The van der Waals surface area contributed by atoms with Crippen LogP contribution in [0.2, 0.25) is 0 Å². The molecule has 0 aromatic heterocycles. The van der Waals surface area contributed by atoms with Crippen molar-refractivity contribution in [2.24, 2.45) is 0 Å². The highest BCUT2D eigenvalue weighted by atomic mass is 19.4. The van der Waals surface area contributed by atoms with Crippen molar-refractivity contribution in [1.82, 2.24) is 0 Å². The molecule has 0 aliphatic rings. The van der Waals surface area contributed by atoms with Gasteiger partial charge in [0.15, 0.2) is 23.3 Å². The first kappa shape index (κ1) is 20.9. The van der Waals surface area contributed by atoms with E-state index in [1.165, 1.54) is 0 Å². The molecule has 0 unspecified atom stereocenters. The SMILES string of the molecule is O=C(OCc1c(F)c(F)c(F)c(F)c1F)C(O)(C(F)(F)F)C(F)(F)F. The zero-order chi connectivity index (χ0) is 20.0. The molecule has 0 saturated carbocycles. The summed E-state index contributed by atoms with van der Waals surface area (Å²) in [5, 5.41) is 8.60. The number of alkyl halides is 6. The molecule has 0 bridgehead atoms. The van der Waals surface area contributed by atoms with E-state index in [1.807, 2.05) is 0 Å². The largest absolute Gasteiger partial charge is 0.458 e. The van der Waals surface area contributed by atoms with Crippen LogP contribution in [0.1, 0.15) is 5.56 Å². The van der Waals surface area contributed by atoms with Crippen LogP contribution in [0.25, 0.3) is 0 Å². The first-order valence-electron chi connectivity index (χ1n) is 5.60. The zero-order valence-electron chi connectivity index (χ0n) is 11.1. The molecular weight excluding hydrogens is 389 g/mol. The van der Waals surface area contributed by atoms with Crippen molar-refractivity contribution in [3.63, 3.8) is 0 Å². The Hall–Kier alpha value is -2.12. The fourth-order valence-corrected chi connectivity index (χ4v) is 1.41. The summed E-state index contributed by atoms with van der Waals surface area (Å²) in [5.74, 6) is -16.6. The van der Waals surface area contributed by atoms with Gasteiger partial charge in [-0.3, -0.25) is 0 Å². The Morgan fingerprint density at radius 1 is 0.760 bits per heavy atom. The number of halogens is 11. The van der Waals surface area contributed by atoms with Crippen LogP contribution in [-0.2, 0) is 16.1 Å². The predicted molar refractivity (Wildman–Crippen MR) is 53.1 cm³/mol. The summed E-state index contributed by atoms with van der Waals surface area (Å²) >= 11 is 0. The summed E-state index contributed by atoms with van der Waals surface area (Å²) in [4.78, 5) is 11.0. The Labute approximate surface area is 129 Å². The maximum absolute atomic E-state index is 13.2. The number of esters is 1. The molecule has 1 aromatic carbocycles. The van der Waals surface area contributed by atoms with E-state index in [0.29, 0.717) is 0 Å². The predicted octanol–water partition coefficient (Wildman–Crippen LogP) is 3.28. The molecule has 142 valence electrons. The van der Waals surface area contributed by atoms with E-state index in [1.54, 1.807) is 0 Å². The van der Waals surface area contributed by atoms with Gasteiger partial charge in [-0.05, 0) is 0 Å². The molecule has 25 heavy (non-hydrogen) atoms. The number of carbonyl (C=O) groups excluding carboxylic acids is 1. The monoisotopic (exact) mass is 392 g/mol. The summed E-state index contributed by atoms with van der Waals surface area (Å²) in [6.07, 6.45) is -13.3. The molecule has 0 aliphatic heterocycles. The fourth-order valence-electron chi connectivity index (χ4n) is 1.41. The smallest absolute Gasteiger partial charge is 0.437 e. The molecule has 0 amide bonds. The van der Waals surface area contributed by atoms with Crippen LogP contribution >= 0.6 is 0 Å². The van der Waals surface area contributed by atoms with Crippen molar-refractivity contribution in [3.05, 3.63) is 34.6 Å². The number of carbonyl (C=O) groups is 1. The van der Waals surface area contributed by atoms with Crippen molar-refractivity contribution in [2.45, 2.75) is 24.6 Å². The van der Waals surface area contributed by atoms with Crippen LogP contribution in [0.4, 0.5) is 48.3 Å². The van der Waals surface area contributed by atoms with E-state index in [9.17, 15) is 53.1 Å². The van der Waals surface area contributed by atoms with Crippen LogP contribution in [0, 0.1) is 29.1 Å². The summed E-state index contributed by atoms with van der Waals surface area (Å²) in [6, 6.07) is 0. The normalized spacial score (nSPS) is 13.1. The summed E-state index contributed by atoms with van der Waals surface area (Å²) in [5.41, 5.74) is -8.10. The molecule has 0 atom stereocenters. The van der Waals surface area contributed by atoms with Gasteiger partial charge in [0.2, 0.25) is 5.82 Å². The molecule has 0 aliphatic carbocycles. The second kappa shape index (κ2) is 6.31. The van der Waals surface area contributed by atoms with Gasteiger partial charge in [-0.1, -0.05) is 0 Å². The Balaban J connectivity index is 3.24. The average molecular weight is 392 g/mol. The van der Waals surface area contributed by atoms with Gasteiger partial charge in [-0.15, -0.1) is 0 Å². The van der Waals surface area contributed by atoms with E-state index in [-0.39, 0.29) is 0 Å². The minimum Gasteiger partial charge on any atom is -0.458 e. The Morgan fingerprint density at radius 3 is 1.40 bits per heavy atom. The molecule has 1 rings (SSSR count). The third kappa shape index (κ3) is 3.34. The van der Waals surface area contributed by atoms with E-state index < -0.39 is 65.2 Å². The molecule has 0 heterocycles. The van der Waals surface area contributed by atoms with Gasteiger partial charge in [-0.25, -0.2) is 26.7 Å². The van der Waals surface area contributed by atoms with E-state index >= 15 is 0 Å². The lowest BCUT2D eigenvalue weighted by molar-refractivity contribution is -0.357. The van der Waals surface area contributed by atoms with E-state index in [4.69, 9.17) is 5.11 Å². The standard InChI is InChI=1S/C11H3F11O3/c12-3-2(4(13)6(15)7(16)5(3)14)1-25-8(23)9(24,10(17,18)19)11(20,21)22/h24H,1H2. The van der Waals surface area contributed by atoms with Gasteiger partial charge in [0.05, 0.1) is 5.56 Å². The quantitative estimate of drug-likeness (QED) is 0.372. The second-order valence-electron chi connectivity index (χ2n) is 4.33. The highest BCUT2D eigenvalue weighted by molar-refractivity contribution is 5.81. The van der Waals surface area contributed by atoms with Gasteiger partial charge < -0.3 is 9.84 Å². The van der Waals surface area contributed by atoms with Crippen molar-refractivity contribution in [2.75, 3.05) is 0 Å². The molecule has 3 nitrogen and oxygen atoms in total. The molecule has 1 N–H and O–H groups in total. The van der Waals surface area contributed by atoms with Crippen molar-refractivity contribution < 1.29 is 62.9 Å². The van der Waals surface area contributed by atoms with Gasteiger partial charge in [0.1, 0.15) is 6.61 Å². The fraction of sp³-hybridized carbons (Fsp3) is 0.364. The van der Waals surface area contributed by atoms with Gasteiger partial charge in [0, 0.05) is 0 Å². The minimum atomic E-state index is -6.65. The van der Waals surface area contributed by atoms with Gasteiger partial charge in [-0.2, -0.15) is 26.3 Å². The van der Waals surface area contributed by atoms with Crippen molar-refractivity contribution in [1.29, 1.82) is 0 Å². The number of ether oxygens (including phenoxy) is 1. The van der Waals surface area contributed by atoms with Crippen LogP contribution < -0.4 is 0 Å². The average Bonchev–Trinajstić information content (AvgIpc) is 2.47. The summed E-state index contributed by atoms with van der Waals surface area (Å²) in [7, 11) is 0. The topological polar surface area (TPSA) is 46.5 Å². The van der Waals surface area contributed by atoms with Crippen LogP contribution in [0.3, 0.4) is 0 Å². The van der Waals surface area contributed by atoms with Gasteiger partial charge >= 0.3 is 23.9 Å². The molecule has 0 spiro atoms. The Kier molecular flexibility index (Phi) is 5.28. The van der Waals surface area contributed by atoms with Crippen LogP contribution in [-0.4, -0.2) is 29.0 Å². The number of benzene rings is 1. The molecule has 1 aromatic rings. The lowest BCUT2D eigenvalue weighted by atomic mass is 10.0. The number of hydrogen-bond donors (Lipinski definition) is 1. The number of aliphatic hydroxyl groups is 1. The molecular formula is C11H3F11O3. The highest BCUT2D eigenvalue weighted by Crippen LogP contribution is 2.44. The Morgan fingerprint density at radius 2 is 1.08 bits per heavy atom. The molecule has 0 saturated heterocycles.